The van der Waals surface area contributed by atoms with Crippen molar-refractivity contribution in [3.05, 3.63) is 64.7 Å². The van der Waals surface area contributed by atoms with Gasteiger partial charge in [0.1, 0.15) is 5.75 Å². The first kappa shape index (κ1) is 19.9. The standard InChI is InChI=1S/C22H25NO5/c1-15-6-3-4-7-16(15)13-23(14-19-8-5-9-28-19)21(24)17-10-18(22(25)26)12-20(11-17)27-2/h3-4,6-7,10-12,19H,5,8-9,13-14H2,1-2H3,(H,25,26). The summed E-state index contributed by atoms with van der Waals surface area (Å²) in [6.07, 6.45) is 1.90. The van der Waals surface area contributed by atoms with Crippen molar-refractivity contribution in [1.82, 2.24) is 4.90 Å². The number of benzene rings is 2. The zero-order valence-electron chi connectivity index (χ0n) is 16.2. The second-order valence-electron chi connectivity index (χ2n) is 7.00. The van der Waals surface area contributed by atoms with E-state index in [0.717, 1.165) is 24.0 Å². The molecule has 0 radical (unpaired) electrons. The molecule has 1 aliphatic heterocycles. The molecule has 0 spiro atoms. The maximum Gasteiger partial charge on any atom is 0.335 e. The summed E-state index contributed by atoms with van der Waals surface area (Å²) in [6, 6.07) is 12.3. The van der Waals surface area contributed by atoms with Gasteiger partial charge in [-0.2, -0.15) is 0 Å². The fourth-order valence-electron chi connectivity index (χ4n) is 3.39. The van der Waals surface area contributed by atoms with Gasteiger partial charge in [0, 0.05) is 25.3 Å². The number of rotatable bonds is 7. The number of carbonyl (C=O) groups is 2. The van der Waals surface area contributed by atoms with Gasteiger partial charge >= 0.3 is 5.97 Å². The van der Waals surface area contributed by atoms with Crippen molar-refractivity contribution >= 4 is 11.9 Å². The lowest BCUT2D eigenvalue weighted by Crippen LogP contribution is -2.37. The number of nitrogens with zero attached hydrogens (tertiary/aromatic N) is 1. The first-order valence-corrected chi connectivity index (χ1v) is 9.35. The van der Waals surface area contributed by atoms with Crippen LogP contribution < -0.4 is 4.74 Å². The predicted octanol–water partition coefficient (Wildman–Crippen LogP) is 3.52. The molecule has 1 saturated heterocycles. The van der Waals surface area contributed by atoms with Gasteiger partial charge in [-0.1, -0.05) is 24.3 Å². The maximum atomic E-state index is 13.3. The number of amides is 1. The summed E-state index contributed by atoms with van der Waals surface area (Å²) in [5, 5.41) is 9.35. The van der Waals surface area contributed by atoms with Crippen LogP contribution in [0, 0.1) is 6.92 Å². The first-order chi connectivity index (χ1) is 13.5. The lowest BCUT2D eigenvalue weighted by Gasteiger charge is -2.26. The second kappa shape index (κ2) is 8.89. The molecule has 1 atom stereocenters. The Hall–Kier alpha value is -2.86. The highest BCUT2D eigenvalue weighted by Crippen LogP contribution is 2.22. The number of ether oxygens (including phenoxy) is 2. The SMILES string of the molecule is COc1cc(C(=O)O)cc(C(=O)N(Cc2ccccc2C)CC2CCCO2)c1. The highest BCUT2D eigenvalue weighted by atomic mass is 16.5. The Morgan fingerprint density at radius 2 is 1.96 bits per heavy atom. The molecule has 6 heteroatoms. The van der Waals surface area contributed by atoms with E-state index in [1.54, 1.807) is 11.0 Å². The molecular formula is C22H25NO5. The summed E-state index contributed by atoms with van der Waals surface area (Å²) in [7, 11) is 1.45. The number of hydrogen-bond donors (Lipinski definition) is 1. The third-order valence-corrected chi connectivity index (χ3v) is 4.99. The van der Waals surface area contributed by atoms with E-state index in [0.29, 0.717) is 31.0 Å². The lowest BCUT2D eigenvalue weighted by atomic mass is 10.1. The fraction of sp³-hybridized carbons (Fsp3) is 0.364. The first-order valence-electron chi connectivity index (χ1n) is 9.35. The second-order valence-corrected chi connectivity index (χ2v) is 7.00. The molecule has 0 saturated carbocycles. The van der Waals surface area contributed by atoms with E-state index in [2.05, 4.69) is 0 Å². The van der Waals surface area contributed by atoms with E-state index < -0.39 is 5.97 Å². The van der Waals surface area contributed by atoms with Crippen molar-refractivity contribution in [2.45, 2.75) is 32.4 Å². The van der Waals surface area contributed by atoms with Crippen LogP contribution in [0.2, 0.25) is 0 Å². The molecule has 1 heterocycles. The molecule has 1 unspecified atom stereocenters. The van der Waals surface area contributed by atoms with Gasteiger partial charge in [0.25, 0.3) is 5.91 Å². The van der Waals surface area contributed by atoms with Crippen LogP contribution in [-0.2, 0) is 11.3 Å². The van der Waals surface area contributed by atoms with Gasteiger partial charge in [0.05, 0.1) is 18.8 Å². The Morgan fingerprint density at radius 3 is 2.61 bits per heavy atom. The molecule has 1 amide bonds. The molecule has 0 aromatic heterocycles. The molecule has 3 rings (SSSR count). The summed E-state index contributed by atoms with van der Waals surface area (Å²) < 4.78 is 10.9. The maximum absolute atomic E-state index is 13.3. The third-order valence-electron chi connectivity index (χ3n) is 4.99. The minimum Gasteiger partial charge on any atom is -0.497 e. The fourth-order valence-corrected chi connectivity index (χ4v) is 3.39. The molecule has 6 nitrogen and oxygen atoms in total. The number of methoxy groups -OCH3 is 1. The van der Waals surface area contributed by atoms with Crippen LogP contribution in [0.5, 0.6) is 5.75 Å². The average Bonchev–Trinajstić information content (AvgIpc) is 3.21. The number of aromatic carboxylic acids is 1. The largest absolute Gasteiger partial charge is 0.497 e. The smallest absolute Gasteiger partial charge is 0.335 e. The van der Waals surface area contributed by atoms with E-state index in [1.807, 2.05) is 31.2 Å². The van der Waals surface area contributed by atoms with Crippen LogP contribution in [0.25, 0.3) is 0 Å². The number of carbonyl (C=O) groups excluding carboxylic acids is 1. The van der Waals surface area contributed by atoms with Gasteiger partial charge < -0.3 is 19.5 Å². The summed E-state index contributed by atoms with van der Waals surface area (Å²) in [5.41, 5.74) is 2.47. The van der Waals surface area contributed by atoms with Crippen molar-refractivity contribution in [3.63, 3.8) is 0 Å². The predicted molar refractivity (Wildman–Crippen MR) is 105 cm³/mol. The molecule has 1 aliphatic rings. The minimum absolute atomic E-state index is 0.00230. The van der Waals surface area contributed by atoms with Crippen molar-refractivity contribution in [3.8, 4) is 5.75 Å². The summed E-state index contributed by atoms with van der Waals surface area (Å²) >= 11 is 0. The number of carboxylic acids is 1. The van der Waals surface area contributed by atoms with E-state index in [1.165, 1.54) is 19.2 Å². The number of hydrogen-bond acceptors (Lipinski definition) is 4. The molecule has 2 aromatic carbocycles. The third kappa shape index (κ3) is 4.70. The molecule has 2 aromatic rings. The number of carboxylic acid groups (broad SMARTS) is 1. The van der Waals surface area contributed by atoms with Crippen LogP contribution in [0.4, 0.5) is 0 Å². The average molecular weight is 383 g/mol. The summed E-state index contributed by atoms with van der Waals surface area (Å²) in [5.74, 6) is -0.992. The van der Waals surface area contributed by atoms with Crippen molar-refractivity contribution in [2.75, 3.05) is 20.3 Å². The van der Waals surface area contributed by atoms with Gasteiger partial charge in [-0.05, 0) is 49.1 Å². The summed E-state index contributed by atoms with van der Waals surface area (Å²) in [6.45, 7) is 3.62. The molecular weight excluding hydrogens is 358 g/mol. The van der Waals surface area contributed by atoms with Crippen LogP contribution in [0.3, 0.4) is 0 Å². The van der Waals surface area contributed by atoms with Gasteiger partial charge in [-0.15, -0.1) is 0 Å². The number of aryl methyl sites for hydroxylation is 1. The molecule has 0 aliphatic carbocycles. The molecule has 1 fully saturated rings. The minimum atomic E-state index is -1.10. The Bertz CT molecular complexity index is 858. The zero-order valence-corrected chi connectivity index (χ0v) is 16.2. The van der Waals surface area contributed by atoms with Gasteiger partial charge in [-0.3, -0.25) is 4.79 Å². The van der Waals surface area contributed by atoms with E-state index in [4.69, 9.17) is 9.47 Å². The summed E-state index contributed by atoms with van der Waals surface area (Å²) in [4.78, 5) is 26.5. The topological polar surface area (TPSA) is 76.1 Å². The van der Waals surface area contributed by atoms with Gasteiger partial charge in [0.15, 0.2) is 0 Å². The van der Waals surface area contributed by atoms with Crippen molar-refractivity contribution in [1.29, 1.82) is 0 Å². The van der Waals surface area contributed by atoms with Crippen LogP contribution in [0.15, 0.2) is 42.5 Å². The van der Waals surface area contributed by atoms with Crippen molar-refractivity contribution in [2.24, 2.45) is 0 Å². The van der Waals surface area contributed by atoms with Gasteiger partial charge in [-0.25, -0.2) is 4.79 Å². The normalized spacial score (nSPS) is 16.0. The van der Waals surface area contributed by atoms with E-state index >= 15 is 0 Å². The van der Waals surface area contributed by atoms with Crippen LogP contribution >= 0.6 is 0 Å². The quantitative estimate of drug-likeness (QED) is 0.792. The van der Waals surface area contributed by atoms with Gasteiger partial charge in [0.2, 0.25) is 0 Å². The van der Waals surface area contributed by atoms with Crippen LogP contribution in [0.1, 0.15) is 44.7 Å². The Balaban J connectivity index is 1.92. The Kier molecular flexibility index (Phi) is 6.31. The zero-order chi connectivity index (χ0) is 20.1. The lowest BCUT2D eigenvalue weighted by molar-refractivity contribution is 0.0506. The van der Waals surface area contributed by atoms with Crippen LogP contribution in [-0.4, -0.2) is 48.2 Å². The molecule has 28 heavy (non-hydrogen) atoms. The molecule has 148 valence electrons. The Labute approximate surface area is 164 Å². The highest BCUT2D eigenvalue weighted by Gasteiger charge is 2.25. The molecule has 1 N–H and O–H groups in total. The highest BCUT2D eigenvalue weighted by molar-refractivity contribution is 5.98. The van der Waals surface area contributed by atoms with E-state index in [-0.39, 0.29) is 17.6 Å². The molecule has 0 bridgehead atoms. The Morgan fingerprint density at radius 1 is 1.21 bits per heavy atom. The monoisotopic (exact) mass is 383 g/mol. The van der Waals surface area contributed by atoms with Crippen molar-refractivity contribution < 1.29 is 24.2 Å². The van der Waals surface area contributed by atoms with E-state index in [9.17, 15) is 14.7 Å².